The third kappa shape index (κ3) is 2.94. The van der Waals surface area contributed by atoms with Crippen molar-refractivity contribution in [1.82, 2.24) is 4.98 Å². The van der Waals surface area contributed by atoms with E-state index in [1.807, 2.05) is 0 Å². The Balaban J connectivity index is 3.14. The van der Waals surface area contributed by atoms with Gasteiger partial charge in [0, 0.05) is 5.56 Å². The molecule has 0 aliphatic rings. The van der Waals surface area contributed by atoms with E-state index < -0.39 is 30.3 Å². The summed E-state index contributed by atoms with van der Waals surface area (Å²) in [5, 5.41) is 0. The molecule has 0 radical (unpaired) electrons. The molecule has 1 heterocycles. The van der Waals surface area contributed by atoms with Gasteiger partial charge in [0.25, 0.3) is 6.43 Å². The Morgan fingerprint density at radius 2 is 2.25 bits per heavy atom. The number of esters is 1. The van der Waals surface area contributed by atoms with Crippen LogP contribution in [0.4, 0.5) is 13.2 Å². The predicted molar refractivity (Wildman–Crippen MR) is 52.6 cm³/mol. The molecule has 0 amide bonds. The molecule has 1 rings (SSSR count). The molecule has 1 aromatic rings. The number of pyridine rings is 1. The van der Waals surface area contributed by atoms with Crippen molar-refractivity contribution in [3.05, 3.63) is 27.7 Å². The van der Waals surface area contributed by atoms with Crippen LogP contribution in [0.15, 0.2) is 10.7 Å². The van der Waals surface area contributed by atoms with Gasteiger partial charge in [0.15, 0.2) is 5.82 Å². The Morgan fingerprint density at radius 3 is 2.75 bits per heavy atom. The lowest BCUT2D eigenvalue weighted by Crippen LogP contribution is -2.09. The van der Waals surface area contributed by atoms with Crippen LogP contribution in [0.25, 0.3) is 0 Å². The minimum atomic E-state index is -3.03. The Morgan fingerprint density at radius 1 is 1.62 bits per heavy atom. The van der Waals surface area contributed by atoms with E-state index in [4.69, 9.17) is 0 Å². The molecule has 0 aromatic carbocycles. The maximum atomic E-state index is 13.4. The lowest BCUT2D eigenvalue weighted by Gasteiger charge is -2.07. The van der Waals surface area contributed by atoms with E-state index in [1.165, 1.54) is 0 Å². The monoisotopic (exact) mass is 297 g/mol. The highest BCUT2D eigenvalue weighted by Crippen LogP contribution is 2.25. The first-order valence-corrected chi connectivity index (χ1v) is 4.94. The Kier molecular flexibility index (Phi) is 4.28. The summed E-state index contributed by atoms with van der Waals surface area (Å²) in [6.45, 7) is 0. The molecule has 3 nitrogen and oxygen atoms in total. The van der Waals surface area contributed by atoms with Crippen molar-refractivity contribution >= 4 is 21.9 Å². The van der Waals surface area contributed by atoms with E-state index in [-0.39, 0.29) is 10.2 Å². The summed E-state index contributed by atoms with van der Waals surface area (Å²) in [5.41, 5.74) is -1.16. The van der Waals surface area contributed by atoms with Crippen LogP contribution in [0.5, 0.6) is 0 Å². The summed E-state index contributed by atoms with van der Waals surface area (Å²) in [7, 11) is 1.13. The zero-order chi connectivity index (χ0) is 12.3. The lowest BCUT2D eigenvalue weighted by atomic mass is 10.1. The molecule has 1 aromatic heterocycles. The topological polar surface area (TPSA) is 39.2 Å². The fourth-order valence-electron chi connectivity index (χ4n) is 1.07. The normalized spacial score (nSPS) is 10.6. The van der Waals surface area contributed by atoms with Crippen LogP contribution in [0, 0.1) is 5.82 Å². The number of carbonyl (C=O) groups excluding carboxylic acids is 1. The molecule has 0 N–H and O–H groups in total. The van der Waals surface area contributed by atoms with Gasteiger partial charge < -0.3 is 4.74 Å². The fraction of sp³-hybridized carbons (Fsp3) is 0.333. The van der Waals surface area contributed by atoms with E-state index in [0.717, 1.165) is 13.2 Å². The molecule has 88 valence electrons. The van der Waals surface area contributed by atoms with Gasteiger partial charge in [0.2, 0.25) is 0 Å². The average molecular weight is 298 g/mol. The first-order chi connectivity index (χ1) is 7.45. The van der Waals surface area contributed by atoms with Crippen LogP contribution in [0.1, 0.15) is 17.7 Å². The van der Waals surface area contributed by atoms with Gasteiger partial charge in [-0.2, -0.15) is 0 Å². The highest BCUT2D eigenvalue weighted by atomic mass is 79.9. The molecule has 7 heteroatoms. The number of rotatable bonds is 3. The molecule has 0 unspecified atom stereocenters. The second-order valence-corrected chi connectivity index (χ2v) is 3.67. The minimum absolute atomic E-state index is 0.0445. The molecule has 0 aliphatic carbocycles. The zero-order valence-corrected chi connectivity index (χ0v) is 9.72. The number of aromatic nitrogens is 1. The summed E-state index contributed by atoms with van der Waals surface area (Å²) in [5.74, 6) is -1.89. The van der Waals surface area contributed by atoms with E-state index >= 15 is 0 Å². The summed E-state index contributed by atoms with van der Waals surface area (Å²) >= 11 is 2.86. The van der Waals surface area contributed by atoms with Crippen molar-refractivity contribution < 1.29 is 22.7 Å². The van der Waals surface area contributed by atoms with Crippen molar-refractivity contribution in [2.45, 2.75) is 12.8 Å². The molecular weight excluding hydrogens is 291 g/mol. The van der Waals surface area contributed by atoms with Crippen LogP contribution in [0.3, 0.4) is 0 Å². The molecule has 0 spiro atoms. The molecule has 0 saturated carbocycles. The van der Waals surface area contributed by atoms with Gasteiger partial charge in [0.05, 0.1) is 13.5 Å². The highest BCUT2D eigenvalue weighted by molar-refractivity contribution is 9.10. The second-order valence-electron chi connectivity index (χ2n) is 2.86. The van der Waals surface area contributed by atoms with Crippen LogP contribution < -0.4 is 0 Å². The number of hydrogen-bond donors (Lipinski definition) is 0. The van der Waals surface area contributed by atoms with E-state index in [0.29, 0.717) is 0 Å². The molecule has 0 fully saturated rings. The summed E-state index contributed by atoms with van der Waals surface area (Å²) in [6.07, 6.45) is -3.45. The number of nitrogens with zero attached hydrogens (tertiary/aromatic N) is 1. The van der Waals surface area contributed by atoms with Crippen molar-refractivity contribution in [2.75, 3.05) is 7.11 Å². The predicted octanol–water partition coefficient (Wildman–Crippen LogP) is 2.64. The molecule has 0 aliphatic heterocycles. The standard InChI is InChI=1S/C9H7BrF3NO2/c1-16-6(15)3-4-2-5(10)14-8(7(4)11)9(12)13/h2,9H,3H2,1H3. The lowest BCUT2D eigenvalue weighted by molar-refractivity contribution is -0.139. The second kappa shape index (κ2) is 5.29. The quantitative estimate of drug-likeness (QED) is 0.636. The van der Waals surface area contributed by atoms with Gasteiger partial charge in [-0.1, -0.05) is 0 Å². The van der Waals surface area contributed by atoms with Gasteiger partial charge in [-0.3, -0.25) is 4.79 Å². The van der Waals surface area contributed by atoms with E-state index in [1.54, 1.807) is 0 Å². The largest absolute Gasteiger partial charge is 0.469 e. The number of hydrogen-bond acceptors (Lipinski definition) is 3. The smallest absolute Gasteiger partial charge is 0.310 e. The van der Waals surface area contributed by atoms with Gasteiger partial charge >= 0.3 is 5.97 Å². The average Bonchev–Trinajstić information content (AvgIpc) is 2.22. The summed E-state index contributed by atoms with van der Waals surface area (Å²) < 4.78 is 42.5. The number of ether oxygens (including phenoxy) is 1. The molecular formula is C9H7BrF3NO2. The number of halogens is 4. The fourth-order valence-corrected chi connectivity index (χ4v) is 1.54. The van der Waals surface area contributed by atoms with Gasteiger partial charge in [-0.15, -0.1) is 0 Å². The van der Waals surface area contributed by atoms with Crippen molar-refractivity contribution in [3.63, 3.8) is 0 Å². The minimum Gasteiger partial charge on any atom is -0.469 e. The van der Waals surface area contributed by atoms with Gasteiger partial charge in [-0.25, -0.2) is 18.2 Å². The third-order valence-electron chi connectivity index (χ3n) is 1.80. The maximum absolute atomic E-state index is 13.4. The zero-order valence-electron chi connectivity index (χ0n) is 8.14. The number of alkyl halides is 2. The summed E-state index contributed by atoms with van der Waals surface area (Å²) in [4.78, 5) is 14.2. The van der Waals surface area contributed by atoms with Crippen molar-refractivity contribution in [1.29, 1.82) is 0 Å². The first kappa shape index (κ1) is 13.0. The van der Waals surface area contributed by atoms with Crippen molar-refractivity contribution in [3.8, 4) is 0 Å². The van der Waals surface area contributed by atoms with Crippen molar-refractivity contribution in [2.24, 2.45) is 0 Å². The van der Waals surface area contributed by atoms with Crippen LogP contribution in [0.2, 0.25) is 0 Å². The molecule has 0 atom stereocenters. The van der Waals surface area contributed by atoms with Crippen LogP contribution in [-0.2, 0) is 16.0 Å². The Bertz CT molecular complexity index is 412. The number of carbonyl (C=O) groups is 1. The summed E-state index contributed by atoms with van der Waals surface area (Å²) in [6, 6.07) is 1.16. The van der Waals surface area contributed by atoms with Gasteiger partial charge in [-0.05, 0) is 22.0 Å². The van der Waals surface area contributed by atoms with E-state index in [9.17, 15) is 18.0 Å². The SMILES string of the molecule is COC(=O)Cc1cc(Br)nc(C(F)F)c1F. The molecule has 0 bridgehead atoms. The maximum Gasteiger partial charge on any atom is 0.310 e. The van der Waals surface area contributed by atoms with E-state index in [2.05, 4.69) is 25.7 Å². The third-order valence-corrected chi connectivity index (χ3v) is 2.20. The Hall–Kier alpha value is -1.11. The van der Waals surface area contributed by atoms with Crippen LogP contribution >= 0.6 is 15.9 Å². The Labute approximate surface area is 97.8 Å². The van der Waals surface area contributed by atoms with Crippen LogP contribution in [-0.4, -0.2) is 18.1 Å². The first-order valence-electron chi connectivity index (χ1n) is 4.15. The molecule has 0 saturated heterocycles. The van der Waals surface area contributed by atoms with Gasteiger partial charge in [0.1, 0.15) is 10.3 Å². The number of methoxy groups -OCH3 is 1. The molecule has 16 heavy (non-hydrogen) atoms. The highest BCUT2D eigenvalue weighted by Gasteiger charge is 2.21.